The van der Waals surface area contributed by atoms with E-state index in [-0.39, 0.29) is 10.6 Å². The second kappa shape index (κ2) is 7.04. The van der Waals surface area contributed by atoms with Gasteiger partial charge in [-0.15, -0.1) is 0 Å². The summed E-state index contributed by atoms with van der Waals surface area (Å²) in [7, 11) is 4.05. The highest BCUT2D eigenvalue weighted by atomic mass is 16.6. The van der Waals surface area contributed by atoms with E-state index in [0.29, 0.717) is 6.54 Å². The number of nitrogens with zero attached hydrogens (tertiary/aromatic N) is 3. The number of hydrogen-bond donors (Lipinski definition) is 1. The molecule has 3 rings (SSSR count). The first-order valence-electron chi connectivity index (χ1n) is 8.22. The van der Waals surface area contributed by atoms with Crippen molar-refractivity contribution in [1.82, 2.24) is 9.47 Å². The fourth-order valence-corrected chi connectivity index (χ4v) is 3.20. The van der Waals surface area contributed by atoms with Crippen molar-refractivity contribution in [2.75, 3.05) is 20.6 Å². The van der Waals surface area contributed by atoms with Crippen molar-refractivity contribution < 1.29 is 4.92 Å². The predicted molar refractivity (Wildman–Crippen MR) is 100 cm³/mol. The molecule has 0 fully saturated rings. The third kappa shape index (κ3) is 3.26. The van der Waals surface area contributed by atoms with Crippen LogP contribution in [-0.2, 0) is 13.1 Å². The predicted octanol–water partition coefficient (Wildman–Crippen LogP) is 3.24. The largest absolute Gasteiger partial charge is 0.341 e. The van der Waals surface area contributed by atoms with Gasteiger partial charge in [-0.25, -0.2) is 0 Å². The molecule has 0 aliphatic rings. The van der Waals surface area contributed by atoms with E-state index in [1.54, 1.807) is 12.1 Å². The first-order chi connectivity index (χ1) is 12.0. The van der Waals surface area contributed by atoms with Crippen molar-refractivity contribution in [3.8, 4) is 11.1 Å². The molecule has 0 bridgehead atoms. The monoisotopic (exact) mass is 338 g/mol. The van der Waals surface area contributed by atoms with Gasteiger partial charge in [0.2, 0.25) is 0 Å². The number of benzene rings is 2. The number of non-ortho nitro benzene ring substituents is 1. The fourth-order valence-electron chi connectivity index (χ4n) is 3.20. The maximum Gasteiger partial charge on any atom is 0.270 e. The molecular formula is C19H22N4O2. The molecule has 0 atom stereocenters. The summed E-state index contributed by atoms with van der Waals surface area (Å²) >= 11 is 0. The van der Waals surface area contributed by atoms with Gasteiger partial charge in [0.1, 0.15) is 0 Å². The van der Waals surface area contributed by atoms with Crippen LogP contribution >= 0.6 is 0 Å². The third-order valence-corrected chi connectivity index (χ3v) is 4.39. The summed E-state index contributed by atoms with van der Waals surface area (Å²) in [6, 6.07) is 15.0. The molecule has 0 aliphatic carbocycles. The van der Waals surface area contributed by atoms with Crippen molar-refractivity contribution in [3.05, 3.63) is 64.3 Å². The summed E-state index contributed by atoms with van der Waals surface area (Å²) in [6.07, 6.45) is 0. The third-order valence-electron chi connectivity index (χ3n) is 4.39. The van der Waals surface area contributed by atoms with Crippen molar-refractivity contribution in [2.45, 2.75) is 13.1 Å². The van der Waals surface area contributed by atoms with Crippen LogP contribution in [0.2, 0.25) is 0 Å². The van der Waals surface area contributed by atoms with Gasteiger partial charge >= 0.3 is 0 Å². The Bertz CT molecular complexity index is 901. The van der Waals surface area contributed by atoms with Crippen LogP contribution in [0.25, 0.3) is 22.0 Å². The Morgan fingerprint density at radius 3 is 2.48 bits per heavy atom. The molecule has 0 aliphatic heterocycles. The Morgan fingerprint density at radius 1 is 1.16 bits per heavy atom. The number of rotatable bonds is 6. The van der Waals surface area contributed by atoms with Crippen LogP contribution in [0.1, 0.15) is 5.69 Å². The van der Waals surface area contributed by atoms with Gasteiger partial charge in [0.05, 0.1) is 4.92 Å². The molecule has 0 saturated heterocycles. The van der Waals surface area contributed by atoms with Gasteiger partial charge in [0.15, 0.2) is 0 Å². The number of fused-ring (bicyclic) bond motifs is 1. The standard InChI is InChI=1S/C19H22N4O2/c1-21(2)10-11-22-17-9-8-15(23(24)25)12-16(17)19(18(22)13-20)14-6-4-3-5-7-14/h3-9,12H,10-11,13,20H2,1-2H3. The molecule has 6 heteroatoms. The lowest BCUT2D eigenvalue weighted by molar-refractivity contribution is -0.384. The minimum Gasteiger partial charge on any atom is -0.341 e. The van der Waals surface area contributed by atoms with Crippen molar-refractivity contribution in [2.24, 2.45) is 5.73 Å². The van der Waals surface area contributed by atoms with Crippen LogP contribution in [0.3, 0.4) is 0 Å². The first kappa shape index (κ1) is 17.1. The Hall–Kier alpha value is -2.70. The van der Waals surface area contributed by atoms with E-state index >= 15 is 0 Å². The number of nitrogens with two attached hydrogens (primary N) is 1. The van der Waals surface area contributed by atoms with Crippen molar-refractivity contribution in [1.29, 1.82) is 0 Å². The van der Waals surface area contributed by atoms with Crippen LogP contribution in [0.4, 0.5) is 5.69 Å². The van der Waals surface area contributed by atoms with Gasteiger partial charge < -0.3 is 15.2 Å². The van der Waals surface area contributed by atoms with Gasteiger partial charge in [0.25, 0.3) is 5.69 Å². The second-order valence-electron chi connectivity index (χ2n) is 6.31. The minimum atomic E-state index is -0.354. The maximum atomic E-state index is 11.2. The molecular weight excluding hydrogens is 316 g/mol. The Kier molecular flexibility index (Phi) is 4.83. The molecule has 0 radical (unpaired) electrons. The molecule has 0 amide bonds. The second-order valence-corrected chi connectivity index (χ2v) is 6.31. The average Bonchev–Trinajstić information content (AvgIpc) is 2.93. The lowest BCUT2D eigenvalue weighted by Gasteiger charge is -2.14. The molecule has 0 spiro atoms. The molecule has 1 heterocycles. The number of hydrogen-bond acceptors (Lipinski definition) is 4. The van der Waals surface area contributed by atoms with Crippen LogP contribution < -0.4 is 5.73 Å². The molecule has 6 nitrogen and oxygen atoms in total. The van der Waals surface area contributed by atoms with E-state index in [1.807, 2.05) is 50.5 Å². The van der Waals surface area contributed by atoms with E-state index in [2.05, 4.69) is 9.47 Å². The van der Waals surface area contributed by atoms with E-state index in [4.69, 9.17) is 5.73 Å². The van der Waals surface area contributed by atoms with Crippen LogP contribution in [-0.4, -0.2) is 35.0 Å². The van der Waals surface area contributed by atoms with Gasteiger partial charge in [0, 0.05) is 53.9 Å². The topological polar surface area (TPSA) is 77.3 Å². The lowest BCUT2D eigenvalue weighted by Crippen LogP contribution is -2.20. The zero-order chi connectivity index (χ0) is 18.0. The highest BCUT2D eigenvalue weighted by Crippen LogP contribution is 2.36. The van der Waals surface area contributed by atoms with Crippen LogP contribution in [0.5, 0.6) is 0 Å². The van der Waals surface area contributed by atoms with E-state index < -0.39 is 0 Å². The zero-order valence-corrected chi connectivity index (χ0v) is 14.5. The molecule has 3 aromatic rings. The van der Waals surface area contributed by atoms with Crippen LogP contribution in [0.15, 0.2) is 48.5 Å². The van der Waals surface area contributed by atoms with Crippen LogP contribution in [0, 0.1) is 10.1 Å². The zero-order valence-electron chi connectivity index (χ0n) is 14.5. The highest BCUT2D eigenvalue weighted by molar-refractivity contribution is 5.99. The van der Waals surface area contributed by atoms with Gasteiger partial charge in [-0.3, -0.25) is 10.1 Å². The smallest absolute Gasteiger partial charge is 0.270 e. The van der Waals surface area contributed by atoms with Gasteiger partial charge in [-0.1, -0.05) is 30.3 Å². The van der Waals surface area contributed by atoms with Gasteiger partial charge in [-0.2, -0.15) is 0 Å². The summed E-state index contributed by atoms with van der Waals surface area (Å²) in [6.45, 7) is 2.02. The minimum absolute atomic E-state index is 0.0954. The molecule has 25 heavy (non-hydrogen) atoms. The lowest BCUT2D eigenvalue weighted by atomic mass is 10.0. The summed E-state index contributed by atoms with van der Waals surface area (Å²) in [5.74, 6) is 0. The maximum absolute atomic E-state index is 11.2. The quantitative estimate of drug-likeness (QED) is 0.553. The molecule has 2 N–H and O–H groups in total. The molecule has 130 valence electrons. The van der Waals surface area contributed by atoms with Crippen molar-refractivity contribution in [3.63, 3.8) is 0 Å². The first-order valence-corrected chi connectivity index (χ1v) is 8.22. The normalized spacial score (nSPS) is 11.4. The van der Waals surface area contributed by atoms with E-state index in [0.717, 1.165) is 40.8 Å². The van der Waals surface area contributed by atoms with Crippen molar-refractivity contribution >= 4 is 16.6 Å². The fraction of sp³-hybridized carbons (Fsp3) is 0.263. The Morgan fingerprint density at radius 2 is 1.88 bits per heavy atom. The number of aromatic nitrogens is 1. The number of nitro groups is 1. The molecule has 0 saturated carbocycles. The Labute approximate surface area is 146 Å². The summed E-state index contributed by atoms with van der Waals surface area (Å²) < 4.78 is 2.18. The molecule has 1 aromatic heterocycles. The highest BCUT2D eigenvalue weighted by Gasteiger charge is 2.20. The average molecular weight is 338 g/mol. The molecule has 2 aromatic carbocycles. The Balaban J connectivity index is 2.30. The molecule has 0 unspecified atom stereocenters. The SMILES string of the molecule is CN(C)CCn1c(CN)c(-c2ccccc2)c2cc([N+](=O)[O-])ccc21. The summed E-state index contributed by atoms with van der Waals surface area (Å²) in [4.78, 5) is 13.0. The number of likely N-dealkylation sites (N-methyl/N-ethyl adjacent to an activating group) is 1. The summed E-state index contributed by atoms with van der Waals surface area (Å²) in [5, 5.41) is 12.1. The van der Waals surface area contributed by atoms with E-state index in [9.17, 15) is 10.1 Å². The van der Waals surface area contributed by atoms with E-state index in [1.165, 1.54) is 0 Å². The summed E-state index contributed by atoms with van der Waals surface area (Å²) in [5.41, 5.74) is 10.2. The van der Waals surface area contributed by atoms with Gasteiger partial charge in [-0.05, 0) is 25.7 Å². The number of nitro benzene ring substituents is 1.